The number of anilines is 1. The fourth-order valence-corrected chi connectivity index (χ4v) is 4.00. The van der Waals surface area contributed by atoms with Crippen LogP contribution in [0.1, 0.15) is 18.4 Å². The highest BCUT2D eigenvalue weighted by molar-refractivity contribution is 7.90. The molecule has 2 amide bonds. The molecule has 0 atom stereocenters. The minimum absolute atomic E-state index is 0.0162. The number of carbonyl (C=O) groups excluding carboxylic acids is 1. The van der Waals surface area contributed by atoms with Crippen LogP contribution in [0, 0.1) is 0 Å². The van der Waals surface area contributed by atoms with Crippen molar-refractivity contribution in [3.8, 4) is 5.75 Å². The number of amides is 2. The van der Waals surface area contributed by atoms with Gasteiger partial charge in [-0.1, -0.05) is 0 Å². The number of carbonyl (C=O) groups is 1. The van der Waals surface area contributed by atoms with E-state index in [2.05, 4.69) is 10.2 Å². The van der Waals surface area contributed by atoms with Crippen LogP contribution in [0.15, 0.2) is 53.4 Å². The number of hydrogen-bond donors (Lipinski definition) is 2. The standard InChI is InChI=1S/C20H22F3N3O4S/c21-20(22,23)15-3-5-16(6-4-15)24-19(27)25-31(28,29)18-9-7-17(8-10-18)30-14-13-26-11-1-2-12-26/h3-10H,1-2,11-14H2,(H2,24,25,27). The highest BCUT2D eigenvalue weighted by Gasteiger charge is 2.30. The van der Waals surface area contributed by atoms with Gasteiger partial charge in [0.2, 0.25) is 0 Å². The molecular formula is C20H22F3N3O4S. The summed E-state index contributed by atoms with van der Waals surface area (Å²) < 4.78 is 69.8. The molecule has 1 fully saturated rings. The number of halogens is 3. The zero-order valence-corrected chi connectivity index (χ0v) is 17.3. The Labute approximate surface area is 178 Å². The Morgan fingerprint density at radius 1 is 1.00 bits per heavy atom. The van der Waals surface area contributed by atoms with Gasteiger partial charge < -0.3 is 10.1 Å². The summed E-state index contributed by atoms with van der Waals surface area (Å²) in [7, 11) is -4.17. The van der Waals surface area contributed by atoms with Crippen LogP contribution in [-0.2, 0) is 16.2 Å². The molecule has 168 valence electrons. The first-order chi connectivity index (χ1) is 14.6. The molecule has 0 unspecified atom stereocenters. The molecule has 0 spiro atoms. The maximum Gasteiger partial charge on any atom is 0.416 e. The fourth-order valence-electron chi connectivity index (χ4n) is 3.09. The average molecular weight is 457 g/mol. The maximum atomic E-state index is 12.6. The molecule has 0 saturated carbocycles. The van der Waals surface area contributed by atoms with Crippen LogP contribution in [0.25, 0.3) is 0 Å². The van der Waals surface area contributed by atoms with E-state index in [1.807, 2.05) is 4.72 Å². The molecule has 2 aromatic carbocycles. The van der Waals surface area contributed by atoms with E-state index in [0.29, 0.717) is 12.4 Å². The largest absolute Gasteiger partial charge is 0.492 e. The van der Waals surface area contributed by atoms with Crippen LogP contribution in [0.4, 0.5) is 23.7 Å². The number of rotatable bonds is 7. The third-order valence-electron chi connectivity index (χ3n) is 4.71. The number of likely N-dealkylation sites (tertiary alicyclic amines) is 1. The zero-order chi connectivity index (χ0) is 22.5. The normalized spacial score (nSPS) is 14.9. The van der Waals surface area contributed by atoms with Crippen molar-refractivity contribution in [3.63, 3.8) is 0 Å². The number of nitrogens with one attached hydrogen (secondary N) is 2. The lowest BCUT2D eigenvalue weighted by atomic mass is 10.2. The van der Waals surface area contributed by atoms with Gasteiger partial charge in [0.1, 0.15) is 12.4 Å². The number of ether oxygens (including phenoxy) is 1. The number of nitrogens with zero attached hydrogens (tertiary/aromatic N) is 1. The second-order valence-corrected chi connectivity index (χ2v) is 8.69. The van der Waals surface area contributed by atoms with Crippen molar-refractivity contribution in [1.29, 1.82) is 0 Å². The molecule has 1 heterocycles. The Morgan fingerprint density at radius 3 is 2.19 bits per heavy atom. The molecule has 0 radical (unpaired) electrons. The Kier molecular flexibility index (Phi) is 7.06. The molecule has 0 aromatic heterocycles. The number of benzene rings is 2. The summed E-state index contributed by atoms with van der Waals surface area (Å²) >= 11 is 0. The van der Waals surface area contributed by atoms with E-state index < -0.39 is 27.8 Å². The number of urea groups is 1. The van der Waals surface area contributed by atoms with Gasteiger partial charge in [0, 0.05) is 12.2 Å². The SMILES string of the molecule is O=C(Nc1ccc(C(F)(F)F)cc1)NS(=O)(=O)c1ccc(OCCN2CCCC2)cc1. The smallest absolute Gasteiger partial charge is 0.416 e. The van der Waals surface area contributed by atoms with Crippen molar-refractivity contribution in [3.05, 3.63) is 54.1 Å². The molecule has 0 aliphatic carbocycles. The van der Waals surface area contributed by atoms with Crippen molar-refractivity contribution in [1.82, 2.24) is 9.62 Å². The van der Waals surface area contributed by atoms with Gasteiger partial charge in [-0.25, -0.2) is 17.9 Å². The second-order valence-electron chi connectivity index (χ2n) is 7.00. The van der Waals surface area contributed by atoms with Crippen LogP contribution in [0.3, 0.4) is 0 Å². The third kappa shape index (κ3) is 6.59. The van der Waals surface area contributed by atoms with Crippen molar-refractivity contribution in [2.24, 2.45) is 0 Å². The first-order valence-electron chi connectivity index (χ1n) is 9.60. The predicted octanol–water partition coefficient (Wildman–Crippen LogP) is 3.69. The lowest BCUT2D eigenvalue weighted by molar-refractivity contribution is -0.137. The zero-order valence-electron chi connectivity index (χ0n) is 16.5. The van der Waals surface area contributed by atoms with Crippen LogP contribution >= 0.6 is 0 Å². The molecule has 11 heteroatoms. The molecule has 0 bridgehead atoms. The fraction of sp³-hybridized carbons (Fsp3) is 0.350. The molecule has 2 N–H and O–H groups in total. The molecule has 3 rings (SSSR count). The summed E-state index contributed by atoms with van der Waals surface area (Å²) in [6.07, 6.45) is -2.13. The second kappa shape index (κ2) is 9.56. The van der Waals surface area contributed by atoms with E-state index in [-0.39, 0.29) is 10.6 Å². The van der Waals surface area contributed by atoms with E-state index in [1.54, 1.807) is 0 Å². The molecule has 2 aromatic rings. The van der Waals surface area contributed by atoms with Crippen LogP contribution < -0.4 is 14.8 Å². The van der Waals surface area contributed by atoms with Crippen molar-refractivity contribution >= 4 is 21.7 Å². The Balaban J connectivity index is 1.52. The monoisotopic (exact) mass is 457 g/mol. The van der Waals surface area contributed by atoms with E-state index in [1.165, 1.54) is 37.1 Å². The van der Waals surface area contributed by atoms with Gasteiger partial charge in [-0.2, -0.15) is 13.2 Å². The first kappa shape index (κ1) is 22.9. The lowest BCUT2D eigenvalue weighted by Gasteiger charge is -2.15. The van der Waals surface area contributed by atoms with Crippen molar-refractivity contribution < 1.29 is 31.1 Å². The van der Waals surface area contributed by atoms with Gasteiger partial charge in [0.05, 0.1) is 10.5 Å². The topological polar surface area (TPSA) is 87.7 Å². The molecular weight excluding hydrogens is 435 g/mol. The highest BCUT2D eigenvalue weighted by Crippen LogP contribution is 2.29. The number of alkyl halides is 3. The molecule has 1 aliphatic heterocycles. The summed E-state index contributed by atoms with van der Waals surface area (Å²) in [5.41, 5.74) is -0.865. The first-order valence-corrected chi connectivity index (χ1v) is 11.1. The quantitative estimate of drug-likeness (QED) is 0.662. The highest BCUT2D eigenvalue weighted by atomic mass is 32.2. The summed E-state index contributed by atoms with van der Waals surface area (Å²) in [5.74, 6) is 0.507. The summed E-state index contributed by atoms with van der Waals surface area (Å²) in [4.78, 5) is 14.1. The van der Waals surface area contributed by atoms with E-state index in [9.17, 15) is 26.4 Å². The lowest BCUT2D eigenvalue weighted by Crippen LogP contribution is -2.34. The van der Waals surface area contributed by atoms with Gasteiger partial charge in [0.15, 0.2) is 0 Å². The van der Waals surface area contributed by atoms with Crippen molar-refractivity contribution in [2.45, 2.75) is 23.9 Å². The predicted molar refractivity (Wildman–Crippen MR) is 108 cm³/mol. The van der Waals surface area contributed by atoms with E-state index in [0.717, 1.165) is 43.9 Å². The Hall–Kier alpha value is -2.79. The van der Waals surface area contributed by atoms with Crippen LogP contribution in [0.2, 0.25) is 0 Å². The van der Waals surface area contributed by atoms with E-state index in [4.69, 9.17) is 4.74 Å². The number of sulfonamides is 1. The Morgan fingerprint density at radius 2 is 1.61 bits per heavy atom. The van der Waals surface area contributed by atoms with Crippen molar-refractivity contribution in [2.75, 3.05) is 31.6 Å². The maximum absolute atomic E-state index is 12.6. The van der Waals surface area contributed by atoms with Gasteiger partial charge >= 0.3 is 12.2 Å². The van der Waals surface area contributed by atoms with Gasteiger partial charge in [-0.3, -0.25) is 4.90 Å². The minimum atomic E-state index is -4.51. The van der Waals surface area contributed by atoms with Gasteiger partial charge in [-0.05, 0) is 74.5 Å². The molecule has 7 nitrogen and oxygen atoms in total. The van der Waals surface area contributed by atoms with Crippen LogP contribution in [-0.4, -0.2) is 45.6 Å². The Bertz CT molecular complexity index is 988. The number of hydrogen-bond acceptors (Lipinski definition) is 5. The van der Waals surface area contributed by atoms with Gasteiger partial charge in [0.25, 0.3) is 10.0 Å². The summed E-state index contributed by atoms with van der Waals surface area (Å²) in [6.45, 7) is 3.40. The summed E-state index contributed by atoms with van der Waals surface area (Å²) in [5, 5.41) is 2.19. The van der Waals surface area contributed by atoms with Gasteiger partial charge in [-0.15, -0.1) is 0 Å². The van der Waals surface area contributed by atoms with Crippen LogP contribution in [0.5, 0.6) is 5.75 Å². The molecule has 1 saturated heterocycles. The minimum Gasteiger partial charge on any atom is -0.492 e. The van der Waals surface area contributed by atoms with E-state index >= 15 is 0 Å². The summed E-state index contributed by atoms with van der Waals surface area (Å²) in [6, 6.07) is 8.13. The third-order valence-corrected chi connectivity index (χ3v) is 6.05. The molecule has 1 aliphatic rings. The molecule has 31 heavy (non-hydrogen) atoms. The average Bonchev–Trinajstić information content (AvgIpc) is 3.21.